The number of nitrogens with zero attached hydrogens (tertiary/aromatic N) is 1. The predicted octanol–water partition coefficient (Wildman–Crippen LogP) is 5.96. The first-order chi connectivity index (χ1) is 18.5. The summed E-state index contributed by atoms with van der Waals surface area (Å²) in [6.45, 7) is 5.88. The van der Waals surface area contributed by atoms with Crippen molar-refractivity contribution in [3.8, 4) is 11.1 Å². The summed E-state index contributed by atoms with van der Waals surface area (Å²) in [5, 5.41) is 12.3. The molecule has 1 aromatic heterocycles. The van der Waals surface area contributed by atoms with Crippen molar-refractivity contribution in [3.05, 3.63) is 100 Å². The maximum Gasteiger partial charge on any atom is 0.258 e. The van der Waals surface area contributed by atoms with E-state index in [0.717, 1.165) is 49.8 Å². The molecule has 6 rings (SSSR count). The normalized spacial score (nSPS) is 13.8. The number of amides is 2. The highest BCUT2D eigenvalue weighted by atomic mass is 19.1. The summed E-state index contributed by atoms with van der Waals surface area (Å²) in [5.74, 6) is -1.04. The van der Waals surface area contributed by atoms with Crippen LogP contribution in [0.5, 0.6) is 0 Å². The second kappa shape index (κ2) is 8.78. The lowest BCUT2D eigenvalue weighted by Crippen LogP contribution is -2.38. The van der Waals surface area contributed by atoms with Crippen LogP contribution in [0.4, 0.5) is 10.1 Å². The maximum atomic E-state index is 13.7. The molecule has 0 spiro atoms. The fourth-order valence-corrected chi connectivity index (χ4v) is 5.72. The zero-order valence-corrected chi connectivity index (χ0v) is 21.9. The van der Waals surface area contributed by atoms with Gasteiger partial charge < -0.3 is 20.7 Å². The fourth-order valence-electron chi connectivity index (χ4n) is 5.72. The molecule has 0 saturated carbocycles. The van der Waals surface area contributed by atoms with Crippen molar-refractivity contribution in [2.75, 3.05) is 11.4 Å². The van der Waals surface area contributed by atoms with E-state index in [9.17, 15) is 19.1 Å². The van der Waals surface area contributed by atoms with Gasteiger partial charge in [-0.2, -0.15) is 0 Å². The number of anilines is 1. The SMILES string of the molecule is Cc1c(-c2ccc(C(N)=O)c3[nH]c4cc(C(C)(C)O)ccc4c23)cccc1N1CCc2cc(F)ccc2C1=O. The molecule has 7 heteroatoms. The fraction of sp³-hybridized carbons (Fsp3) is 0.188. The van der Waals surface area contributed by atoms with Crippen molar-refractivity contribution in [2.24, 2.45) is 5.73 Å². The molecular weight excluding hydrogens is 493 g/mol. The lowest BCUT2D eigenvalue weighted by molar-refractivity contribution is 0.0787. The molecule has 0 fully saturated rings. The summed E-state index contributed by atoms with van der Waals surface area (Å²) in [4.78, 5) is 30.9. The molecule has 4 aromatic carbocycles. The molecule has 0 aliphatic carbocycles. The Labute approximate surface area is 224 Å². The average molecular weight is 522 g/mol. The summed E-state index contributed by atoms with van der Waals surface area (Å²) in [6, 6.07) is 19.5. The number of hydrogen-bond donors (Lipinski definition) is 3. The molecule has 39 heavy (non-hydrogen) atoms. The number of halogens is 1. The smallest absolute Gasteiger partial charge is 0.258 e. The van der Waals surface area contributed by atoms with Gasteiger partial charge in [-0.05, 0) is 91.4 Å². The van der Waals surface area contributed by atoms with Crippen LogP contribution in [0.25, 0.3) is 32.9 Å². The molecule has 5 aromatic rings. The second-order valence-corrected chi connectivity index (χ2v) is 10.7. The Morgan fingerprint density at radius 3 is 2.54 bits per heavy atom. The van der Waals surface area contributed by atoms with E-state index in [1.807, 2.05) is 49.4 Å². The minimum absolute atomic E-state index is 0.156. The van der Waals surface area contributed by atoms with Crippen molar-refractivity contribution in [2.45, 2.75) is 32.8 Å². The lowest BCUT2D eigenvalue weighted by Gasteiger charge is -2.30. The zero-order valence-electron chi connectivity index (χ0n) is 21.9. The van der Waals surface area contributed by atoms with Crippen LogP contribution >= 0.6 is 0 Å². The first-order valence-corrected chi connectivity index (χ1v) is 12.9. The quantitative estimate of drug-likeness (QED) is 0.272. The van der Waals surface area contributed by atoms with Crippen LogP contribution in [0.2, 0.25) is 0 Å². The summed E-state index contributed by atoms with van der Waals surface area (Å²) in [6.07, 6.45) is 0.562. The van der Waals surface area contributed by atoms with Gasteiger partial charge in [0.05, 0.1) is 16.7 Å². The van der Waals surface area contributed by atoms with Crippen molar-refractivity contribution >= 4 is 39.3 Å². The van der Waals surface area contributed by atoms with Crippen LogP contribution in [0.3, 0.4) is 0 Å². The minimum Gasteiger partial charge on any atom is -0.386 e. The molecule has 196 valence electrons. The Bertz CT molecular complexity index is 1830. The molecular formula is C32H28FN3O3. The van der Waals surface area contributed by atoms with Crippen LogP contribution in [0, 0.1) is 12.7 Å². The van der Waals surface area contributed by atoms with Crippen LogP contribution in [-0.2, 0) is 12.0 Å². The first-order valence-electron chi connectivity index (χ1n) is 12.9. The van der Waals surface area contributed by atoms with Crippen LogP contribution < -0.4 is 10.6 Å². The highest BCUT2D eigenvalue weighted by Gasteiger charge is 2.28. The van der Waals surface area contributed by atoms with E-state index in [4.69, 9.17) is 5.73 Å². The minimum atomic E-state index is -1.03. The van der Waals surface area contributed by atoms with E-state index in [1.54, 1.807) is 30.9 Å². The molecule has 2 amide bonds. The van der Waals surface area contributed by atoms with Crippen molar-refractivity contribution in [1.29, 1.82) is 0 Å². The third kappa shape index (κ3) is 3.97. The van der Waals surface area contributed by atoms with Gasteiger partial charge in [-0.3, -0.25) is 9.59 Å². The third-order valence-electron chi connectivity index (χ3n) is 7.76. The Morgan fingerprint density at radius 2 is 1.79 bits per heavy atom. The topological polar surface area (TPSA) is 99.4 Å². The van der Waals surface area contributed by atoms with Gasteiger partial charge in [0.25, 0.3) is 11.8 Å². The number of H-pyrrole nitrogens is 1. The van der Waals surface area contributed by atoms with Crippen molar-refractivity contribution in [1.82, 2.24) is 4.98 Å². The number of carbonyl (C=O) groups excluding carboxylic acids is 2. The molecule has 0 radical (unpaired) electrons. The summed E-state index contributed by atoms with van der Waals surface area (Å²) in [5.41, 5.74) is 12.0. The standard InChI is InChI=1S/C32H28FN3O3/c1-17-21(5-4-6-27(17)36-14-13-18-15-20(33)8-10-22(18)31(36)38)23-11-12-25(30(34)37)29-28(23)24-9-7-19(32(2,3)39)16-26(24)35-29/h4-12,15-16,35,39H,13-14H2,1-3H3,(H2,34,37). The summed E-state index contributed by atoms with van der Waals surface area (Å²) in [7, 11) is 0. The largest absolute Gasteiger partial charge is 0.386 e. The molecule has 2 heterocycles. The van der Waals surface area contributed by atoms with Gasteiger partial charge in [0.15, 0.2) is 0 Å². The van der Waals surface area contributed by atoms with Gasteiger partial charge in [0.2, 0.25) is 0 Å². The van der Waals surface area contributed by atoms with Gasteiger partial charge in [-0.1, -0.05) is 30.3 Å². The third-order valence-corrected chi connectivity index (χ3v) is 7.76. The first kappa shape index (κ1) is 24.8. The Hall–Kier alpha value is -4.49. The van der Waals surface area contributed by atoms with Gasteiger partial charge in [-0.15, -0.1) is 0 Å². The number of rotatable bonds is 4. The molecule has 6 nitrogen and oxygen atoms in total. The van der Waals surface area contributed by atoms with E-state index < -0.39 is 11.5 Å². The van der Waals surface area contributed by atoms with Gasteiger partial charge in [-0.25, -0.2) is 4.39 Å². The molecule has 0 atom stereocenters. The molecule has 0 unspecified atom stereocenters. The number of nitrogens with two attached hydrogens (primary N) is 1. The molecule has 4 N–H and O–H groups in total. The number of hydrogen-bond acceptors (Lipinski definition) is 3. The number of fused-ring (bicyclic) bond motifs is 4. The highest BCUT2D eigenvalue weighted by molar-refractivity contribution is 6.20. The van der Waals surface area contributed by atoms with Crippen molar-refractivity contribution in [3.63, 3.8) is 0 Å². The number of carbonyl (C=O) groups is 2. The van der Waals surface area contributed by atoms with E-state index in [-0.39, 0.29) is 11.7 Å². The maximum absolute atomic E-state index is 13.7. The van der Waals surface area contributed by atoms with E-state index in [0.29, 0.717) is 29.6 Å². The monoisotopic (exact) mass is 521 g/mol. The number of benzene rings is 4. The van der Waals surface area contributed by atoms with E-state index in [2.05, 4.69) is 4.98 Å². The Balaban J connectivity index is 1.54. The van der Waals surface area contributed by atoms with Crippen LogP contribution in [0.1, 0.15) is 51.3 Å². The molecule has 0 saturated heterocycles. The number of nitrogens with one attached hydrogen (secondary N) is 1. The highest BCUT2D eigenvalue weighted by Crippen LogP contribution is 2.41. The Kier molecular flexibility index (Phi) is 5.59. The van der Waals surface area contributed by atoms with Crippen LogP contribution in [0.15, 0.2) is 66.7 Å². The van der Waals surface area contributed by atoms with E-state index >= 15 is 0 Å². The molecule has 1 aliphatic rings. The summed E-state index contributed by atoms with van der Waals surface area (Å²) >= 11 is 0. The van der Waals surface area contributed by atoms with Gasteiger partial charge in [0.1, 0.15) is 5.82 Å². The number of aromatic nitrogens is 1. The van der Waals surface area contributed by atoms with E-state index in [1.165, 1.54) is 12.1 Å². The number of primary amides is 1. The van der Waals surface area contributed by atoms with Gasteiger partial charge in [0, 0.05) is 34.1 Å². The Morgan fingerprint density at radius 1 is 1.03 bits per heavy atom. The molecule has 1 aliphatic heterocycles. The molecule has 0 bridgehead atoms. The lowest BCUT2D eigenvalue weighted by atomic mass is 9.91. The average Bonchev–Trinajstić information content (AvgIpc) is 3.27. The number of aromatic amines is 1. The predicted molar refractivity (Wildman–Crippen MR) is 152 cm³/mol. The number of aliphatic hydroxyl groups is 1. The summed E-state index contributed by atoms with van der Waals surface area (Å²) < 4.78 is 13.7. The van der Waals surface area contributed by atoms with Crippen LogP contribution in [-0.4, -0.2) is 28.4 Å². The van der Waals surface area contributed by atoms with Crippen molar-refractivity contribution < 1.29 is 19.1 Å². The van der Waals surface area contributed by atoms with Gasteiger partial charge >= 0.3 is 0 Å². The zero-order chi connectivity index (χ0) is 27.6. The second-order valence-electron chi connectivity index (χ2n) is 10.7.